The fourth-order valence-corrected chi connectivity index (χ4v) is 4.26. The number of aryl methyl sites for hydroxylation is 1. The van der Waals surface area contributed by atoms with Crippen LogP contribution in [0.3, 0.4) is 0 Å². The van der Waals surface area contributed by atoms with Gasteiger partial charge in [-0.3, -0.25) is 9.69 Å². The van der Waals surface area contributed by atoms with Gasteiger partial charge >= 0.3 is 6.03 Å². The van der Waals surface area contributed by atoms with E-state index < -0.39 is 5.54 Å². The number of amides is 3. The molecule has 4 rings (SSSR count). The number of aromatic nitrogens is 2. The molecule has 1 spiro atoms. The van der Waals surface area contributed by atoms with Crippen LogP contribution < -0.4 is 5.32 Å². The van der Waals surface area contributed by atoms with E-state index in [2.05, 4.69) is 10.4 Å². The molecular weight excluding hydrogens is 352 g/mol. The quantitative estimate of drug-likeness (QED) is 0.837. The molecule has 1 aromatic heterocycles. The predicted molar refractivity (Wildman–Crippen MR) is 98.2 cm³/mol. The fourth-order valence-electron chi connectivity index (χ4n) is 3.92. The first-order valence-corrected chi connectivity index (χ1v) is 9.33. The summed E-state index contributed by atoms with van der Waals surface area (Å²) in [6.07, 6.45) is 4.46. The molecular formula is C19H21ClN4O2. The molecule has 0 atom stereocenters. The lowest BCUT2D eigenvalue weighted by molar-refractivity contribution is -0.132. The number of nitrogens with zero attached hydrogens (tertiary/aromatic N) is 3. The van der Waals surface area contributed by atoms with E-state index >= 15 is 0 Å². The van der Waals surface area contributed by atoms with E-state index in [4.69, 9.17) is 11.6 Å². The molecule has 0 radical (unpaired) electrons. The molecule has 1 saturated heterocycles. The number of para-hydroxylation sites is 1. The Morgan fingerprint density at radius 2 is 1.85 bits per heavy atom. The number of hydrogen-bond donors (Lipinski definition) is 1. The Balaban J connectivity index is 1.63. The molecule has 6 nitrogen and oxygen atoms in total. The Labute approximate surface area is 157 Å². The van der Waals surface area contributed by atoms with Crippen molar-refractivity contribution in [2.24, 2.45) is 0 Å². The third-order valence-corrected chi connectivity index (χ3v) is 5.78. The van der Waals surface area contributed by atoms with E-state index in [0.29, 0.717) is 29.3 Å². The van der Waals surface area contributed by atoms with Crippen LogP contribution in [-0.2, 0) is 11.3 Å². The number of hydrogen-bond acceptors (Lipinski definition) is 3. The fraction of sp³-hybridized carbons (Fsp3) is 0.421. The van der Waals surface area contributed by atoms with Gasteiger partial charge in [-0.25, -0.2) is 9.48 Å². The van der Waals surface area contributed by atoms with Gasteiger partial charge in [-0.15, -0.1) is 0 Å². The Morgan fingerprint density at radius 3 is 2.54 bits per heavy atom. The van der Waals surface area contributed by atoms with Crippen molar-refractivity contribution in [3.05, 3.63) is 46.7 Å². The second-order valence-electron chi connectivity index (χ2n) is 7.07. The van der Waals surface area contributed by atoms with E-state index in [1.54, 1.807) is 4.68 Å². The standard InChI is InChI=1S/C19H21ClN4O2/c1-13-15(16(20)24(22-13)14-8-4-2-5-9-14)12-23-17(25)19(21-18(23)26)10-6-3-7-11-19/h2,4-5,8-9H,3,6-7,10-12H2,1H3,(H,21,26). The van der Waals surface area contributed by atoms with Gasteiger partial charge in [0.15, 0.2) is 0 Å². The second-order valence-corrected chi connectivity index (χ2v) is 7.42. The van der Waals surface area contributed by atoms with E-state index in [9.17, 15) is 9.59 Å². The summed E-state index contributed by atoms with van der Waals surface area (Å²) in [6, 6.07) is 9.23. The highest BCUT2D eigenvalue weighted by atomic mass is 35.5. The summed E-state index contributed by atoms with van der Waals surface area (Å²) in [6.45, 7) is 1.99. The van der Waals surface area contributed by atoms with E-state index in [1.165, 1.54) is 4.90 Å². The maximum atomic E-state index is 13.0. The molecule has 2 aliphatic rings. The zero-order valence-electron chi connectivity index (χ0n) is 14.7. The topological polar surface area (TPSA) is 67.2 Å². The first-order chi connectivity index (χ1) is 12.5. The Kier molecular flexibility index (Phi) is 4.23. The zero-order valence-corrected chi connectivity index (χ0v) is 15.4. The number of carbonyl (C=O) groups excluding carboxylic acids is 2. The van der Waals surface area contributed by atoms with Crippen LogP contribution in [-0.4, -0.2) is 32.2 Å². The molecule has 0 bridgehead atoms. The summed E-state index contributed by atoms with van der Waals surface area (Å²) in [4.78, 5) is 26.7. The third kappa shape index (κ3) is 2.69. The Morgan fingerprint density at radius 1 is 1.15 bits per heavy atom. The van der Waals surface area contributed by atoms with Crippen LogP contribution in [0.4, 0.5) is 4.79 Å². The molecule has 2 fully saturated rings. The van der Waals surface area contributed by atoms with Gasteiger partial charge < -0.3 is 5.32 Å². The van der Waals surface area contributed by atoms with Gasteiger partial charge in [0.2, 0.25) is 0 Å². The maximum absolute atomic E-state index is 13.0. The van der Waals surface area contributed by atoms with Gasteiger partial charge in [0, 0.05) is 5.56 Å². The molecule has 1 aromatic carbocycles. The minimum atomic E-state index is -0.717. The summed E-state index contributed by atoms with van der Waals surface area (Å²) in [5.74, 6) is -0.134. The Hall–Kier alpha value is -2.34. The van der Waals surface area contributed by atoms with Crippen molar-refractivity contribution in [3.63, 3.8) is 0 Å². The van der Waals surface area contributed by atoms with Crippen LogP contribution in [0.15, 0.2) is 30.3 Å². The molecule has 1 N–H and O–H groups in total. The summed E-state index contributed by atoms with van der Waals surface area (Å²) >= 11 is 6.55. The molecule has 1 aliphatic carbocycles. The van der Waals surface area contributed by atoms with Gasteiger partial charge in [-0.2, -0.15) is 5.10 Å². The number of halogens is 1. The molecule has 7 heteroatoms. The highest BCUT2D eigenvalue weighted by Gasteiger charge is 2.51. The van der Waals surface area contributed by atoms with E-state index in [1.807, 2.05) is 37.3 Å². The molecule has 3 amide bonds. The van der Waals surface area contributed by atoms with E-state index in [-0.39, 0.29) is 18.5 Å². The van der Waals surface area contributed by atoms with Gasteiger partial charge in [0.25, 0.3) is 5.91 Å². The van der Waals surface area contributed by atoms with Crippen molar-refractivity contribution >= 4 is 23.5 Å². The van der Waals surface area contributed by atoms with Crippen molar-refractivity contribution in [3.8, 4) is 5.69 Å². The van der Waals surface area contributed by atoms with Gasteiger partial charge in [-0.1, -0.05) is 49.1 Å². The van der Waals surface area contributed by atoms with Crippen LogP contribution in [0.2, 0.25) is 5.15 Å². The summed E-state index contributed by atoms with van der Waals surface area (Å²) in [5, 5.41) is 7.86. The number of imide groups is 1. The molecule has 2 heterocycles. The zero-order chi connectivity index (χ0) is 18.3. The second kappa shape index (κ2) is 6.43. The van der Waals surface area contributed by atoms with Crippen molar-refractivity contribution in [2.75, 3.05) is 0 Å². The van der Waals surface area contributed by atoms with E-state index in [0.717, 1.165) is 24.9 Å². The highest BCUT2D eigenvalue weighted by Crippen LogP contribution is 2.35. The first-order valence-electron chi connectivity index (χ1n) is 8.95. The monoisotopic (exact) mass is 372 g/mol. The molecule has 1 saturated carbocycles. The van der Waals surface area contributed by atoms with Crippen LogP contribution in [0.1, 0.15) is 43.4 Å². The van der Waals surface area contributed by atoms with Crippen LogP contribution >= 0.6 is 11.6 Å². The third-order valence-electron chi connectivity index (χ3n) is 5.39. The van der Waals surface area contributed by atoms with Crippen molar-refractivity contribution in [2.45, 2.75) is 51.1 Å². The summed E-state index contributed by atoms with van der Waals surface area (Å²) in [5.41, 5.74) is 1.54. The maximum Gasteiger partial charge on any atom is 0.325 e. The van der Waals surface area contributed by atoms with Crippen molar-refractivity contribution < 1.29 is 9.59 Å². The SMILES string of the molecule is Cc1nn(-c2ccccc2)c(Cl)c1CN1C(=O)NC2(CCCCC2)C1=O. The minimum absolute atomic E-state index is 0.134. The van der Waals surface area contributed by atoms with Crippen LogP contribution in [0, 0.1) is 6.92 Å². The first kappa shape index (κ1) is 17.1. The average Bonchev–Trinajstić information content (AvgIpc) is 3.05. The highest BCUT2D eigenvalue weighted by molar-refractivity contribution is 6.30. The van der Waals surface area contributed by atoms with Crippen LogP contribution in [0.5, 0.6) is 0 Å². The normalized spacial score (nSPS) is 19.2. The number of urea groups is 1. The molecule has 0 unspecified atom stereocenters. The summed E-state index contributed by atoms with van der Waals surface area (Å²) in [7, 11) is 0. The van der Waals surface area contributed by atoms with Gasteiger partial charge in [0.05, 0.1) is 17.9 Å². The summed E-state index contributed by atoms with van der Waals surface area (Å²) < 4.78 is 1.64. The molecule has 26 heavy (non-hydrogen) atoms. The average molecular weight is 373 g/mol. The largest absolute Gasteiger partial charge is 0.325 e. The lowest BCUT2D eigenvalue weighted by atomic mass is 9.82. The lowest BCUT2D eigenvalue weighted by Crippen LogP contribution is -2.48. The number of carbonyl (C=O) groups is 2. The van der Waals surface area contributed by atoms with Crippen molar-refractivity contribution in [1.82, 2.24) is 20.0 Å². The van der Waals surface area contributed by atoms with Crippen LogP contribution in [0.25, 0.3) is 5.69 Å². The van der Waals surface area contributed by atoms with Gasteiger partial charge in [0.1, 0.15) is 10.7 Å². The molecule has 1 aliphatic heterocycles. The predicted octanol–water partition coefficient (Wildman–Crippen LogP) is 3.59. The molecule has 136 valence electrons. The number of benzene rings is 1. The van der Waals surface area contributed by atoms with Crippen molar-refractivity contribution in [1.29, 1.82) is 0 Å². The molecule has 2 aromatic rings. The number of nitrogens with one attached hydrogen (secondary N) is 1. The van der Waals surface area contributed by atoms with Gasteiger partial charge in [-0.05, 0) is 31.9 Å². The number of rotatable bonds is 3. The minimum Gasteiger partial charge on any atom is -0.323 e. The smallest absolute Gasteiger partial charge is 0.323 e. The lowest BCUT2D eigenvalue weighted by Gasteiger charge is -2.30. The Bertz CT molecular complexity index is 856.